The van der Waals surface area contributed by atoms with E-state index in [1.807, 2.05) is 29.8 Å². The van der Waals surface area contributed by atoms with Crippen LogP contribution in [0.4, 0.5) is 0 Å². The van der Waals surface area contributed by atoms with Crippen LogP contribution in [0.15, 0.2) is 43.0 Å². The molecule has 3 N–H and O–H groups in total. The van der Waals surface area contributed by atoms with E-state index in [-0.39, 0.29) is 17.9 Å². The maximum absolute atomic E-state index is 12.8. The fourth-order valence-corrected chi connectivity index (χ4v) is 2.99. The molecule has 7 nitrogen and oxygen atoms in total. The zero-order valence-corrected chi connectivity index (χ0v) is 13.6. The van der Waals surface area contributed by atoms with Crippen molar-refractivity contribution in [2.24, 2.45) is 5.73 Å². The average molecular weight is 327 g/mol. The lowest BCUT2D eigenvalue weighted by Crippen LogP contribution is -2.45. The lowest BCUT2D eigenvalue weighted by atomic mass is 10.1. The van der Waals surface area contributed by atoms with E-state index in [9.17, 15) is 9.59 Å². The molecule has 1 fully saturated rings. The highest BCUT2D eigenvalue weighted by Gasteiger charge is 2.38. The number of carbonyl (C=O) groups excluding carboxylic acids is 2. The zero-order valence-electron chi connectivity index (χ0n) is 13.6. The monoisotopic (exact) mass is 327 g/mol. The van der Waals surface area contributed by atoms with Crippen molar-refractivity contribution in [3.05, 3.63) is 48.5 Å². The molecule has 2 aromatic rings. The molecule has 0 aliphatic carbocycles. The SMILES string of the molecule is CCNC(=O)C1CC(N)CN1C(=O)c1ccc(-n2ccnc2)cc1. The van der Waals surface area contributed by atoms with Crippen LogP contribution in [0.25, 0.3) is 5.69 Å². The van der Waals surface area contributed by atoms with Crippen LogP contribution >= 0.6 is 0 Å². The second-order valence-corrected chi connectivity index (χ2v) is 5.88. The van der Waals surface area contributed by atoms with Crippen molar-refractivity contribution < 1.29 is 9.59 Å². The van der Waals surface area contributed by atoms with Gasteiger partial charge in [-0.3, -0.25) is 9.59 Å². The van der Waals surface area contributed by atoms with Gasteiger partial charge in [0.05, 0.1) is 6.33 Å². The predicted octanol–water partition coefficient (Wildman–Crippen LogP) is 0.550. The molecule has 1 aromatic carbocycles. The van der Waals surface area contributed by atoms with E-state index >= 15 is 0 Å². The van der Waals surface area contributed by atoms with Gasteiger partial charge in [0.2, 0.25) is 5.91 Å². The summed E-state index contributed by atoms with van der Waals surface area (Å²) in [6.45, 7) is 2.78. The summed E-state index contributed by atoms with van der Waals surface area (Å²) in [7, 11) is 0. The minimum absolute atomic E-state index is 0.145. The molecular formula is C17H21N5O2. The van der Waals surface area contributed by atoms with Crippen LogP contribution in [-0.2, 0) is 4.79 Å². The summed E-state index contributed by atoms with van der Waals surface area (Å²) in [5.74, 6) is -0.315. The standard InChI is InChI=1S/C17H21N5O2/c1-2-20-16(23)15-9-13(18)10-22(15)17(24)12-3-5-14(6-4-12)21-8-7-19-11-21/h3-8,11,13,15H,2,9-10,18H2,1H3,(H,20,23). The van der Waals surface area contributed by atoms with E-state index in [4.69, 9.17) is 5.73 Å². The second-order valence-electron chi connectivity index (χ2n) is 5.88. The number of likely N-dealkylation sites (N-methyl/N-ethyl adjacent to an activating group) is 1. The molecule has 2 amide bonds. The Morgan fingerprint density at radius 1 is 1.33 bits per heavy atom. The van der Waals surface area contributed by atoms with Crippen molar-refractivity contribution in [3.63, 3.8) is 0 Å². The Balaban J connectivity index is 1.78. The average Bonchev–Trinajstić information content (AvgIpc) is 3.24. The van der Waals surface area contributed by atoms with Gasteiger partial charge < -0.3 is 20.5 Å². The number of imidazole rings is 1. The predicted molar refractivity (Wildman–Crippen MR) is 89.7 cm³/mol. The third-order valence-corrected chi connectivity index (χ3v) is 4.16. The minimum atomic E-state index is -0.499. The van der Waals surface area contributed by atoms with Crippen LogP contribution in [-0.4, -0.2) is 51.4 Å². The Labute approximate surface area is 140 Å². The zero-order chi connectivity index (χ0) is 17.1. The molecule has 1 aliphatic heterocycles. The second kappa shape index (κ2) is 6.84. The molecule has 0 radical (unpaired) electrons. The number of hydrogen-bond acceptors (Lipinski definition) is 4. The molecule has 1 aliphatic rings. The number of rotatable bonds is 4. The number of likely N-dealkylation sites (tertiary alicyclic amines) is 1. The molecule has 0 spiro atoms. The normalized spacial score (nSPS) is 20.2. The summed E-state index contributed by atoms with van der Waals surface area (Å²) >= 11 is 0. The Hall–Kier alpha value is -2.67. The smallest absolute Gasteiger partial charge is 0.254 e. The molecule has 7 heteroatoms. The summed E-state index contributed by atoms with van der Waals surface area (Å²) in [5, 5.41) is 2.77. The molecule has 24 heavy (non-hydrogen) atoms. The number of benzene rings is 1. The quantitative estimate of drug-likeness (QED) is 0.857. The molecule has 1 saturated heterocycles. The molecule has 0 bridgehead atoms. The van der Waals surface area contributed by atoms with Crippen molar-refractivity contribution in [1.29, 1.82) is 0 Å². The van der Waals surface area contributed by atoms with Crippen LogP contribution in [0, 0.1) is 0 Å². The van der Waals surface area contributed by atoms with Crippen LogP contribution in [0.2, 0.25) is 0 Å². The van der Waals surface area contributed by atoms with Gasteiger partial charge in [0.25, 0.3) is 5.91 Å². The Bertz CT molecular complexity index is 711. The first-order valence-electron chi connectivity index (χ1n) is 8.02. The van der Waals surface area contributed by atoms with Crippen molar-refractivity contribution in [1.82, 2.24) is 19.8 Å². The number of carbonyl (C=O) groups is 2. The summed E-state index contributed by atoms with van der Waals surface area (Å²) < 4.78 is 1.86. The molecule has 2 heterocycles. The Morgan fingerprint density at radius 2 is 2.08 bits per heavy atom. The van der Waals surface area contributed by atoms with Gasteiger partial charge in [0, 0.05) is 42.8 Å². The number of nitrogens with zero attached hydrogens (tertiary/aromatic N) is 3. The van der Waals surface area contributed by atoms with E-state index in [0.717, 1.165) is 5.69 Å². The molecule has 0 saturated carbocycles. The topological polar surface area (TPSA) is 93.3 Å². The third-order valence-electron chi connectivity index (χ3n) is 4.16. The van der Waals surface area contributed by atoms with Crippen molar-refractivity contribution >= 4 is 11.8 Å². The van der Waals surface area contributed by atoms with Crippen molar-refractivity contribution in [2.75, 3.05) is 13.1 Å². The summed E-state index contributed by atoms with van der Waals surface area (Å²) in [6, 6.07) is 6.55. The number of aromatic nitrogens is 2. The van der Waals surface area contributed by atoms with Crippen LogP contribution in [0.3, 0.4) is 0 Å². The van der Waals surface area contributed by atoms with Gasteiger partial charge in [0.1, 0.15) is 6.04 Å². The highest BCUT2D eigenvalue weighted by Crippen LogP contribution is 2.20. The molecule has 3 rings (SSSR count). The van der Waals surface area contributed by atoms with Crippen molar-refractivity contribution in [3.8, 4) is 5.69 Å². The minimum Gasteiger partial charge on any atom is -0.355 e. The fourth-order valence-electron chi connectivity index (χ4n) is 2.99. The van der Waals surface area contributed by atoms with E-state index in [1.54, 1.807) is 29.6 Å². The van der Waals surface area contributed by atoms with Gasteiger partial charge in [0.15, 0.2) is 0 Å². The summed E-state index contributed by atoms with van der Waals surface area (Å²) in [4.78, 5) is 30.5. The first-order valence-corrected chi connectivity index (χ1v) is 8.02. The molecular weight excluding hydrogens is 306 g/mol. The molecule has 1 aromatic heterocycles. The van der Waals surface area contributed by atoms with Crippen LogP contribution < -0.4 is 11.1 Å². The van der Waals surface area contributed by atoms with Crippen LogP contribution in [0.1, 0.15) is 23.7 Å². The maximum Gasteiger partial charge on any atom is 0.254 e. The Morgan fingerprint density at radius 3 is 2.71 bits per heavy atom. The van der Waals surface area contributed by atoms with Crippen molar-refractivity contribution in [2.45, 2.75) is 25.4 Å². The number of amides is 2. The summed E-state index contributed by atoms with van der Waals surface area (Å²) in [5.41, 5.74) is 7.43. The fraction of sp³-hybridized carbons (Fsp3) is 0.353. The summed E-state index contributed by atoms with van der Waals surface area (Å²) in [6.07, 6.45) is 5.72. The van der Waals surface area contributed by atoms with E-state index in [1.165, 1.54) is 0 Å². The molecule has 2 unspecified atom stereocenters. The van der Waals surface area contributed by atoms with Gasteiger partial charge in [-0.1, -0.05) is 0 Å². The largest absolute Gasteiger partial charge is 0.355 e. The molecule has 126 valence electrons. The lowest BCUT2D eigenvalue weighted by Gasteiger charge is -2.23. The van der Waals surface area contributed by atoms with Gasteiger partial charge in [-0.2, -0.15) is 0 Å². The van der Waals surface area contributed by atoms with Crippen LogP contribution in [0.5, 0.6) is 0 Å². The number of hydrogen-bond donors (Lipinski definition) is 2. The van der Waals surface area contributed by atoms with Gasteiger partial charge in [-0.05, 0) is 37.6 Å². The first-order chi connectivity index (χ1) is 11.6. The third kappa shape index (κ3) is 3.16. The number of nitrogens with two attached hydrogens (primary N) is 1. The van der Waals surface area contributed by atoms with Gasteiger partial charge >= 0.3 is 0 Å². The maximum atomic E-state index is 12.8. The first kappa shape index (κ1) is 16.2. The van der Waals surface area contributed by atoms with E-state index in [2.05, 4.69) is 10.3 Å². The van der Waals surface area contributed by atoms with Gasteiger partial charge in [-0.15, -0.1) is 0 Å². The van der Waals surface area contributed by atoms with E-state index < -0.39 is 6.04 Å². The number of nitrogens with one attached hydrogen (secondary N) is 1. The van der Waals surface area contributed by atoms with E-state index in [0.29, 0.717) is 25.1 Å². The lowest BCUT2D eigenvalue weighted by molar-refractivity contribution is -0.124. The Kier molecular flexibility index (Phi) is 4.61. The highest BCUT2D eigenvalue weighted by atomic mass is 16.2. The van der Waals surface area contributed by atoms with Gasteiger partial charge in [-0.25, -0.2) is 4.98 Å². The highest BCUT2D eigenvalue weighted by molar-refractivity contribution is 5.98. The molecule has 2 atom stereocenters.